The molecule has 1 atom stereocenters. The zero-order chi connectivity index (χ0) is 21.2. The fourth-order valence-corrected chi connectivity index (χ4v) is 3.70. The average Bonchev–Trinajstić information content (AvgIpc) is 3.25. The molecule has 1 amide bonds. The van der Waals surface area contributed by atoms with Crippen molar-refractivity contribution in [2.24, 2.45) is 5.10 Å². The number of methoxy groups -OCH3 is 1. The Morgan fingerprint density at radius 3 is 2.48 bits per heavy atom. The van der Waals surface area contributed by atoms with Crippen molar-refractivity contribution in [3.63, 3.8) is 0 Å². The van der Waals surface area contributed by atoms with Crippen LogP contribution in [0, 0.1) is 0 Å². The topological polar surface area (TPSA) is 113 Å². The smallest absolute Gasteiger partial charge is 0.490 e. The average molecular weight is 426 g/mol. The van der Waals surface area contributed by atoms with Crippen LogP contribution >= 0.6 is 11.8 Å². The van der Waals surface area contributed by atoms with Gasteiger partial charge in [0.1, 0.15) is 10.8 Å². The maximum Gasteiger partial charge on any atom is 0.490 e. The van der Waals surface area contributed by atoms with Crippen LogP contribution in [0.4, 0.5) is 18.9 Å². The van der Waals surface area contributed by atoms with Crippen LogP contribution < -0.4 is 15.5 Å². The van der Waals surface area contributed by atoms with E-state index in [0.717, 1.165) is 21.9 Å². The molecule has 0 fully saturated rings. The second kappa shape index (κ2) is 7.62. The number of benzene rings is 1. The molecule has 1 aromatic carbocycles. The van der Waals surface area contributed by atoms with E-state index in [9.17, 15) is 18.0 Å². The Bertz CT molecular complexity index is 984. The Hall–Kier alpha value is -3.28. The summed E-state index contributed by atoms with van der Waals surface area (Å²) in [6.45, 7) is 0. The third-order valence-corrected chi connectivity index (χ3v) is 5.23. The first-order valence-electron chi connectivity index (χ1n) is 7.92. The summed E-state index contributed by atoms with van der Waals surface area (Å²) in [5.74, 6) is -2.18. The number of thioether (sulfide) groups is 1. The molecule has 0 saturated carbocycles. The highest BCUT2D eigenvalue weighted by Crippen LogP contribution is 2.48. The maximum absolute atomic E-state index is 12.5. The van der Waals surface area contributed by atoms with E-state index in [-0.39, 0.29) is 5.91 Å². The lowest BCUT2D eigenvalue weighted by atomic mass is 10.1. The number of hydrazone groups is 1. The third kappa shape index (κ3) is 3.97. The Morgan fingerprint density at radius 2 is 1.90 bits per heavy atom. The van der Waals surface area contributed by atoms with E-state index < -0.39 is 17.0 Å². The van der Waals surface area contributed by atoms with Crippen LogP contribution in [-0.4, -0.2) is 40.3 Å². The number of carboxylic acids is 1. The first-order valence-corrected chi connectivity index (χ1v) is 8.73. The number of aromatic nitrogens is 1. The molecule has 0 aliphatic carbocycles. The molecule has 2 aromatic rings. The summed E-state index contributed by atoms with van der Waals surface area (Å²) in [5, 5.41) is 15.1. The van der Waals surface area contributed by atoms with Gasteiger partial charge < -0.3 is 15.2 Å². The molecule has 0 bridgehead atoms. The van der Waals surface area contributed by atoms with E-state index in [1.807, 2.05) is 30.3 Å². The zero-order valence-corrected chi connectivity index (χ0v) is 15.5. The molecule has 3 N–H and O–H groups in total. The second-order valence-electron chi connectivity index (χ2n) is 5.72. The summed E-state index contributed by atoms with van der Waals surface area (Å²) in [6.07, 6.45) is -1.67. The van der Waals surface area contributed by atoms with E-state index in [1.165, 1.54) is 11.8 Å². The van der Waals surface area contributed by atoms with Gasteiger partial charge in [-0.3, -0.25) is 15.2 Å². The molecule has 1 unspecified atom stereocenters. The van der Waals surface area contributed by atoms with Gasteiger partial charge in [-0.25, -0.2) is 4.79 Å². The Labute approximate surface area is 166 Å². The predicted molar refractivity (Wildman–Crippen MR) is 98.5 cm³/mol. The maximum atomic E-state index is 12.5. The first kappa shape index (κ1) is 20.5. The number of rotatable bonds is 2. The molecule has 152 valence electrons. The number of nitrogens with one attached hydrogen (secondary N) is 2. The number of alkyl halides is 3. The summed E-state index contributed by atoms with van der Waals surface area (Å²) in [7, 11) is 1.60. The van der Waals surface area contributed by atoms with E-state index in [1.54, 1.807) is 19.5 Å². The number of fused-ring (bicyclic) bond motifs is 2. The standard InChI is InChI=1S/C15H12N4O2S.C2HF3O2/c1-21-10-2-3-11-12(8-10)17-14(20)15(11)19-18-13(22-15)9-4-6-16-7-5-9;3-2(4,5)1(6)7/h2-8,19H,1H3,(H,17,20);(H,6,7). The summed E-state index contributed by atoms with van der Waals surface area (Å²) in [6, 6.07) is 9.28. The number of hydrogen-bond acceptors (Lipinski definition) is 7. The lowest BCUT2D eigenvalue weighted by Gasteiger charge is -2.19. The molecule has 2 aliphatic heterocycles. The second-order valence-corrected chi connectivity index (χ2v) is 6.92. The number of carbonyl (C=O) groups is 2. The van der Waals surface area contributed by atoms with Crippen LogP contribution in [0.15, 0.2) is 47.8 Å². The van der Waals surface area contributed by atoms with Gasteiger partial charge in [0.15, 0.2) is 0 Å². The third-order valence-electron chi connectivity index (χ3n) is 3.91. The van der Waals surface area contributed by atoms with Crippen LogP contribution in [-0.2, 0) is 14.5 Å². The fraction of sp³-hybridized carbons (Fsp3) is 0.176. The van der Waals surface area contributed by atoms with Crippen molar-refractivity contribution in [2.75, 3.05) is 12.4 Å². The molecular weight excluding hydrogens is 413 g/mol. The molecule has 0 radical (unpaired) electrons. The minimum Gasteiger partial charge on any atom is -0.497 e. The predicted octanol–water partition coefficient (Wildman–Crippen LogP) is 2.53. The number of anilines is 1. The molecule has 1 spiro atoms. The lowest BCUT2D eigenvalue weighted by molar-refractivity contribution is -0.192. The Kier molecular flexibility index (Phi) is 5.38. The number of aliphatic carboxylic acids is 1. The van der Waals surface area contributed by atoms with Crippen LogP contribution in [0.3, 0.4) is 0 Å². The number of nitrogens with zero attached hydrogens (tertiary/aromatic N) is 2. The molecule has 2 aliphatic rings. The monoisotopic (exact) mass is 426 g/mol. The Balaban J connectivity index is 0.000000298. The molecule has 0 saturated heterocycles. The quantitative estimate of drug-likeness (QED) is 0.676. The van der Waals surface area contributed by atoms with Gasteiger partial charge in [-0.2, -0.15) is 18.3 Å². The molecule has 8 nitrogen and oxygen atoms in total. The van der Waals surface area contributed by atoms with Gasteiger partial charge in [0, 0.05) is 29.6 Å². The van der Waals surface area contributed by atoms with Crippen molar-refractivity contribution in [1.29, 1.82) is 0 Å². The van der Waals surface area contributed by atoms with Crippen LogP contribution in [0.2, 0.25) is 0 Å². The molecular formula is C17H13F3N4O4S. The van der Waals surface area contributed by atoms with Crippen molar-refractivity contribution >= 4 is 34.4 Å². The van der Waals surface area contributed by atoms with Crippen LogP contribution in [0.25, 0.3) is 0 Å². The highest BCUT2D eigenvalue weighted by atomic mass is 32.2. The fourth-order valence-electron chi connectivity index (χ4n) is 2.54. The Morgan fingerprint density at radius 1 is 1.24 bits per heavy atom. The number of carbonyl (C=O) groups excluding carboxylic acids is 1. The molecule has 1 aromatic heterocycles. The van der Waals surface area contributed by atoms with Crippen molar-refractivity contribution in [3.8, 4) is 5.75 Å². The number of ether oxygens (including phenoxy) is 1. The molecule has 12 heteroatoms. The van der Waals surface area contributed by atoms with E-state index in [4.69, 9.17) is 14.6 Å². The highest BCUT2D eigenvalue weighted by molar-refractivity contribution is 8.16. The van der Waals surface area contributed by atoms with Crippen LogP contribution in [0.1, 0.15) is 11.1 Å². The van der Waals surface area contributed by atoms with Gasteiger partial charge in [0.25, 0.3) is 5.91 Å². The highest BCUT2D eigenvalue weighted by Gasteiger charge is 2.52. The number of carboxylic acid groups (broad SMARTS) is 1. The van der Waals surface area contributed by atoms with Crippen molar-refractivity contribution in [2.45, 2.75) is 11.0 Å². The van der Waals surface area contributed by atoms with Crippen molar-refractivity contribution < 1.29 is 32.6 Å². The van der Waals surface area contributed by atoms with Gasteiger partial charge in [0.05, 0.1) is 12.8 Å². The van der Waals surface area contributed by atoms with E-state index in [2.05, 4.69) is 20.8 Å². The number of hydrogen-bond donors (Lipinski definition) is 3. The van der Waals surface area contributed by atoms with Gasteiger partial charge >= 0.3 is 12.1 Å². The normalized spacial score (nSPS) is 19.4. The van der Waals surface area contributed by atoms with Crippen LogP contribution in [0.5, 0.6) is 5.75 Å². The van der Waals surface area contributed by atoms with E-state index in [0.29, 0.717) is 5.75 Å². The number of halogens is 3. The van der Waals surface area contributed by atoms with Gasteiger partial charge in [0.2, 0.25) is 4.87 Å². The molecule has 29 heavy (non-hydrogen) atoms. The zero-order valence-electron chi connectivity index (χ0n) is 14.6. The van der Waals surface area contributed by atoms with Gasteiger partial charge in [-0.1, -0.05) is 11.8 Å². The number of amides is 1. The van der Waals surface area contributed by atoms with Gasteiger partial charge in [-0.05, 0) is 24.3 Å². The SMILES string of the molecule is COc1ccc2c(c1)NC(=O)C21NN=C(c2ccncc2)S1.O=C(O)C(F)(F)F. The minimum atomic E-state index is -5.08. The van der Waals surface area contributed by atoms with Gasteiger partial charge in [-0.15, -0.1) is 0 Å². The first-order chi connectivity index (χ1) is 13.7. The molecule has 4 rings (SSSR count). The molecule has 3 heterocycles. The number of pyridine rings is 1. The van der Waals surface area contributed by atoms with Crippen molar-refractivity contribution in [3.05, 3.63) is 53.9 Å². The summed E-state index contributed by atoms with van der Waals surface area (Å²) < 4.78 is 36.9. The summed E-state index contributed by atoms with van der Waals surface area (Å²) in [4.78, 5) is 24.5. The van der Waals surface area contributed by atoms with E-state index >= 15 is 0 Å². The summed E-state index contributed by atoms with van der Waals surface area (Å²) >= 11 is 1.40. The largest absolute Gasteiger partial charge is 0.497 e. The minimum absolute atomic E-state index is 0.131. The van der Waals surface area contributed by atoms with Crippen molar-refractivity contribution in [1.82, 2.24) is 10.4 Å². The summed E-state index contributed by atoms with van der Waals surface area (Å²) in [5.41, 5.74) is 5.53. The lowest BCUT2D eigenvalue weighted by Crippen LogP contribution is -2.39.